The molecule has 0 saturated heterocycles. The SMILES string of the molecule is CC1(OC(=O)OCc2ccc(Br)cc2Br)C2CC3CC(C2)CC1C3. The van der Waals surface area contributed by atoms with Crippen LogP contribution >= 0.6 is 31.9 Å². The zero-order valence-corrected chi connectivity index (χ0v) is 16.9. The number of hydrogen-bond donors (Lipinski definition) is 0. The van der Waals surface area contributed by atoms with Crippen molar-refractivity contribution >= 4 is 38.0 Å². The van der Waals surface area contributed by atoms with Gasteiger partial charge in [-0.1, -0.05) is 37.9 Å². The summed E-state index contributed by atoms with van der Waals surface area (Å²) in [5, 5.41) is 0. The van der Waals surface area contributed by atoms with Crippen molar-refractivity contribution in [3.05, 3.63) is 32.7 Å². The summed E-state index contributed by atoms with van der Waals surface area (Å²) in [5.41, 5.74) is 0.604. The number of rotatable bonds is 3. The van der Waals surface area contributed by atoms with E-state index in [2.05, 4.69) is 38.8 Å². The van der Waals surface area contributed by atoms with Crippen LogP contribution in [0.15, 0.2) is 27.1 Å². The average Bonchev–Trinajstić information content (AvgIpc) is 2.51. The van der Waals surface area contributed by atoms with E-state index in [4.69, 9.17) is 9.47 Å². The first-order valence-corrected chi connectivity index (χ1v) is 10.3. The molecule has 1 aromatic carbocycles. The van der Waals surface area contributed by atoms with Gasteiger partial charge in [0, 0.05) is 14.5 Å². The Morgan fingerprint density at radius 1 is 1.12 bits per heavy atom. The lowest BCUT2D eigenvalue weighted by Crippen LogP contribution is -2.58. The maximum absolute atomic E-state index is 12.3. The van der Waals surface area contributed by atoms with Gasteiger partial charge in [0.05, 0.1) is 0 Å². The number of ether oxygens (including phenoxy) is 2. The van der Waals surface area contributed by atoms with Gasteiger partial charge in [0.1, 0.15) is 12.2 Å². The highest BCUT2D eigenvalue weighted by atomic mass is 79.9. The maximum Gasteiger partial charge on any atom is 0.509 e. The monoisotopic (exact) mass is 456 g/mol. The number of carbonyl (C=O) groups is 1. The molecule has 3 nitrogen and oxygen atoms in total. The molecule has 4 saturated carbocycles. The highest BCUT2D eigenvalue weighted by molar-refractivity contribution is 9.11. The molecule has 130 valence electrons. The van der Waals surface area contributed by atoms with Crippen molar-refractivity contribution in [3.8, 4) is 0 Å². The third kappa shape index (κ3) is 3.03. The van der Waals surface area contributed by atoms with Crippen molar-refractivity contribution in [3.63, 3.8) is 0 Å². The third-order valence-corrected chi connectivity index (χ3v) is 7.65. The van der Waals surface area contributed by atoms with Crippen LogP contribution in [0.5, 0.6) is 0 Å². The van der Waals surface area contributed by atoms with Crippen LogP contribution in [0.3, 0.4) is 0 Å². The fourth-order valence-corrected chi connectivity index (χ4v) is 6.43. The molecule has 4 bridgehead atoms. The predicted molar refractivity (Wildman–Crippen MR) is 98.6 cm³/mol. The lowest BCUT2D eigenvalue weighted by Gasteiger charge is -2.58. The molecule has 0 N–H and O–H groups in total. The second-order valence-electron chi connectivity index (χ2n) is 7.86. The smallest absolute Gasteiger partial charge is 0.429 e. The molecule has 5 rings (SSSR count). The Bertz CT molecular complexity index is 630. The summed E-state index contributed by atoms with van der Waals surface area (Å²) in [7, 11) is 0. The third-order valence-electron chi connectivity index (χ3n) is 6.42. The Morgan fingerprint density at radius 3 is 2.33 bits per heavy atom. The van der Waals surface area contributed by atoms with Gasteiger partial charge in [0.2, 0.25) is 0 Å². The maximum atomic E-state index is 12.3. The molecule has 4 aliphatic carbocycles. The first kappa shape index (κ1) is 16.9. The van der Waals surface area contributed by atoms with Gasteiger partial charge in [-0.3, -0.25) is 0 Å². The molecule has 24 heavy (non-hydrogen) atoms. The lowest BCUT2D eigenvalue weighted by atomic mass is 9.50. The van der Waals surface area contributed by atoms with Crippen LogP contribution in [0.4, 0.5) is 4.79 Å². The van der Waals surface area contributed by atoms with Crippen molar-refractivity contribution < 1.29 is 14.3 Å². The van der Waals surface area contributed by atoms with Gasteiger partial charge in [0.25, 0.3) is 0 Å². The van der Waals surface area contributed by atoms with Crippen LogP contribution in [-0.2, 0) is 16.1 Å². The van der Waals surface area contributed by atoms with Crippen molar-refractivity contribution in [2.75, 3.05) is 0 Å². The van der Waals surface area contributed by atoms with E-state index in [1.165, 1.54) is 32.1 Å². The number of halogens is 2. The van der Waals surface area contributed by atoms with E-state index in [9.17, 15) is 4.79 Å². The Balaban J connectivity index is 1.39. The molecular weight excluding hydrogens is 436 g/mol. The Morgan fingerprint density at radius 2 is 1.75 bits per heavy atom. The van der Waals surface area contributed by atoms with Gasteiger partial charge in [0.15, 0.2) is 0 Å². The van der Waals surface area contributed by atoms with Gasteiger partial charge in [-0.15, -0.1) is 0 Å². The summed E-state index contributed by atoms with van der Waals surface area (Å²) in [6, 6.07) is 5.82. The van der Waals surface area contributed by atoms with Crippen LogP contribution in [0.1, 0.15) is 44.6 Å². The molecule has 0 heterocycles. The van der Waals surface area contributed by atoms with E-state index in [1.807, 2.05) is 18.2 Å². The second kappa shape index (κ2) is 6.31. The molecule has 5 heteroatoms. The van der Waals surface area contributed by atoms with E-state index in [0.29, 0.717) is 11.8 Å². The van der Waals surface area contributed by atoms with Crippen LogP contribution in [0.25, 0.3) is 0 Å². The van der Waals surface area contributed by atoms with E-state index in [-0.39, 0.29) is 12.2 Å². The summed E-state index contributed by atoms with van der Waals surface area (Å²) in [6.07, 6.45) is 5.74. The molecule has 0 unspecified atom stereocenters. The number of hydrogen-bond acceptors (Lipinski definition) is 3. The quantitative estimate of drug-likeness (QED) is 0.516. The van der Waals surface area contributed by atoms with E-state index in [1.54, 1.807) is 0 Å². The molecule has 0 aromatic heterocycles. The summed E-state index contributed by atoms with van der Waals surface area (Å²) in [4.78, 5) is 12.3. The first-order chi connectivity index (χ1) is 11.4. The molecule has 0 aliphatic heterocycles. The molecule has 4 aliphatic rings. The minimum absolute atomic E-state index is 0.226. The van der Waals surface area contributed by atoms with Crippen LogP contribution < -0.4 is 0 Å². The standard InChI is InChI=1S/C19H22Br2O3/c1-19(14-5-11-4-12(7-14)8-15(19)6-11)24-18(22)23-10-13-2-3-16(20)9-17(13)21/h2-3,9,11-12,14-15H,4-8,10H2,1H3. The fraction of sp³-hybridized carbons (Fsp3) is 0.632. The summed E-state index contributed by atoms with van der Waals surface area (Å²) in [6.45, 7) is 2.36. The fourth-order valence-electron chi connectivity index (χ4n) is 5.27. The Labute approximate surface area is 159 Å². The zero-order chi connectivity index (χ0) is 16.9. The van der Waals surface area contributed by atoms with Crippen LogP contribution in [0, 0.1) is 23.7 Å². The summed E-state index contributed by atoms with van der Waals surface area (Å²) in [5.74, 6) is 2.75. The molecule has 0 spiro atoms. The molecule has 0 radical (unpaired) electrons. The summed E-state index contributed by atoms with van der Waals surface area (Å²) >= 11 is 6.92. The molecule has 0 atom stereocenters. The van der Waals surface area contributed by atoms with Crippen molar-refractivity contribution in [2.45, 2.75) is 51.2 Å². The van der Waals surface area contributed by atoms with E-state index in [0.717, 1.165) is 26.3 Å². The molecule has 4 fully saturated rings. The second-order valence-corrected chi connectivity index (χ2v) is 9.63. The zero-order valence-electron chi connectivity index (χ0n) is 13.8. The largest absolute Gasteiger partial charge is 0.509 e. The Kier molecular flexibility index (Phi) is 4.44. The first-order valence-electron chi connectivity index (χ1n) is 8.73. The summed E-state index contributed by atoms with van der Waals surface area (Å²) < 4.78 is 13.2. The van der Waals surface area contributed by atoms with Crippen molar-refractivity contribution in [1.82, 2.24) is 0 Å². The van der Waals surface area contributed by atoms with Gasteiger partial charge < -0.3 is 9.47 Å². The lowest BCUT2D eigenvalue weighted by molar-refractivity contribution is -0.174. The van der Waals surface area contributed by atoms with Crippen LogP contribution in [-0.4, -0.2) is 11.8 Å². The van der Waals surface area contributed by atoms with E-state index >= 15 is 0 Å². The highest BCUT2D eigenvalue weighted by Gasteiger charge is 2.57. The van der Waals surface area contributed by atoms with Gasteiger partial charge in [-0.05, 0) is 74.8 Å². The normalized spacial score (nSPS) is 36.6. The van der Waals surface area contributed by atoms with Crippen molar-refractivity contribution in [2.24, 2.45) is 23.7 Å². The number of carbonyl (C=O) groups excluding carboxylic acids is 1. The van der Waals surface area contributed by atoms with Crippen LogP contribution in [0.2, 0.25) is 0 Å². The average molecular weight is 458 g/mol. The van der Waals surface area contributed by atoms with Gasteiger partial charge in [-0.2, -0.15) is 0 Å². The topological polar surface area (TPSA) is 35.5 Å². The highest BCUT2D eigenvalue weighted by Crippen LogP contribution is 2.59. The van der Waals surface area contributed by atoms with Crippen molar-refractivity contribution in [1.29, 1.82) is 0 Å². The van der Waals surface area contributed by atoms with E-state index < -0.39 is 6.16 Å². The van der Waals surface area contributed by atoms with Gasteiger partial charge in [-0.25, -0.2) is 4.79 Å². The molecule has 1 aromatic rings. The predicted octanol–water partition coefficient (Wildman–Crippen LogP) is 6.08. The molecule has 0 amide bonds. The minimum Gasteiger partial charge on any atom is -0.429 e. The Hall–Kier alpha value is -0.550. The van der Waals surface area contributed by atoms with Gasteiger partial charge >= 0.3 is 6.16 Å². The number of benzene rings is 1. The minimum atomic E-state index is -0.528. The molecular formula is C19H22Br2O3.